The Morgan fingerprint density at radius 3 is 2.59 bits per heavy atom. The largest absolute Gasteiger partial charge is 0.497 e. The van der Waals surface area contributed by atoms with Crippen molar-refractivity contribution < 1.29 is 18.7 Å². The van der Waals surface area contributed by atoms with Crippen molar-refractivity contribution in [2.75, 3.05) is 13.7 Å². The highest BCUT2D eigenvalue weighted by Gasteiger charge is 2.34. The SMILES string of the molecule is COc1cccc(C(C(=O)NC2CCCC2)N(CCc2cccc(C)c2)C(=O)c2ccco2)c1. The molecule has 0 spiro atoms. The summed E-state index contributed by atoms with van der Waals surface area (Å²) >= 11 is 0. The lowest BCUT2D eigenvalue weighted by Crippen LogP contribution is -2.46. The second kappa shape index (κ2) is 11.1. The summed E-state index contributed by atoms with van der Waals surface area (Å²) in [5.74, 6) is 0.363. The molecule has 1 aliphatic carbocycles. The van der Waals surface area contributed by atoms with Gasteiger partial charge in [0.1, 0.15) is 11.8 Å². The first-order chi connectivity index (χ1) is 16.5. The van der Waals surface area contributed by atoms with Crippen LogP contribution in [-0.2, 0) is 11.2 Å². The van der Waals surface area contributed by atoms with Crippen LogP contribution in [0.2, 0.25) is 0 Å². The topological polar surface area (TPSA) is 71.8 Å². The summed E-state index contributed by atoms with van der Waals surface area (Å²) in [5.41, 5.74) is 2.97. The number of methoxy groups -OCH3 is 1. The van der Waals surface area contributed by atoms with E-state index in [9.17, 15) is 9.59 Å². The fourth-order valence-electron chi connectivity index (χ4n) is 4.64. The van der Waals surface area contributed by atoms with Crippen molar-refractivity contribution in [2.45, 2.75) is 51.1 Å². The van der Waals surface area contributed by atoms with Crippen molar-refractivity contribution in [1.29, 1.82) is 0 Å². The molecule has 1 unspecified atom stereocenters. The van der Waals surface area contributed by atoms with Crippen LogP contribution in [0.1, 0.15) is 59.0 Å². The van der Waals surface area contributed by atoms with Gasteiger partial charge in [0, 0.05) is 12.6 Å². The molecule has 1 N–H and O–H groups in total. The summed E-state index contributed by atoms with van der Waals surface area (Å²) in [4.78, 5) is 29.0. The Bertz CT molecular complexity index is 1100. The number of nitrogens with zero attached hydrogens (tertiary/aromatic N) is 1. The van der Waals surface area contributed by atoms with Crippen LogP contribution < -0.4 is 10.1 Å². The zero-order chi connectivity index (χ0) is 23.9. The minimum Gasteiger partial charge on any atom is -0.497 e. The Morgan fingerprint density at radius 2 is 1.88 bits per heavy atom. The molecule has 178 valence electrons. The molecular weight excluding hydrogens is 428 g/mol. The van der Waals surface area contributed by atoms with Crippen molar-refractivity contribution >= 4 is 11.8 Å². The lowest BCUT2D eigenvalue weighted by molar-refractivity contribution is -0.126. The number of hydrogen-bond acceptors (Lipinski definition) is 4. The first kappa shape index (κ1) is 23.6. The molecule has 1 aliphatic rings. The van der Waals surface area contributed by atoms with Crippen LogP contribution in [0.25, 0.3) is 0 Å². The Hall–Kier alpha value is -3.54. The number of carbonyl (C=O) groups is 2. The number of benzene rings is 2. The highest BCUT2D eigenvalue weighted by atomic mass is 16.5. The monoisotopic (exact) mass is 460 g/mol. The third-order valence-electron chi connectivity index (χ3n) is 6.39. The molecule has 0 bridgehead atoms. The number of aryl methyl sites for hydroxylation is 1. The third-order valence-corrected chi connectivity index (χ3v) is 6.39. The standard InChI is InChI=1S/C28H32N2O4/c1-20-8-5-9-21(18-20)15-16-30(28(32)25-14-7-17-34-25)26(22-10-6-13-24(19-22)33-2)27(31)29-23-11-3-4-12-23/h5-10,13-14,17-19,23,26H,3-4,11-12,15-16H2,1-2H3,(H,29,31). The lowest BCUT2D eigenvalue weighted by Gasteiger charge is -2.32. The molecule has 0 saturated heterocycles. The number of nitrogens with one attached hydrogen (secondary N) is 1. The molecule has 6 heteroatoms. The van der Waals surface area contributed by atoms with E-state index in [2.05, 4.69) is 11.4 Å². The van der Waals surface area contributed by atoms with Crippen LogP contribution in [0.4, 0.5) is 0 Å². The number of furan rings is 1. The van der Waals surface area contributed by atoms with Gasteiger partial charge in [-0.1, -0.05) is 54.8 Å². The summed E-state index contributed by atoms with van der Waals surface area (Å²) in [7, 11) is 1.59. The number of amides is 2. The Labute approximate surface area is 200 Å². The molecule has 1 saturated carbocycles. The molecule has 2 amide bonds. The molecule has 0 aliphatic heterocycles. The van der Waals surface area contributed by atoms with Gasteiger partial charge in [0.05, 0.1) is 13.4 Å². The molecule has 1 fully saturated rings. The van der Waals surface area contributed by atoms with E-state index in [1.165, 1.54) is 6.26 Å². The molecule has 1 heterocycles. The Morgan fingerprint density at radius 1 is 1.09 bits per heavy atom. The average Bonchev–Trinajstić information content (AvgIpc) is 3.56. The van der Waals surface area contributed by atoms with E-state index >= 15 is 0 Å². The smallest absolute Gasteiger partial charge is 0.290 e. The highest BCUT2D eigenvalue weighted by Crippen LogP contribution is 2.28. The first-order valence-corrected chi connectivity index (χ1v) is 11.9. The van der Waals surface area contributed by atoms with E-state index in [0.717, 1.165) is 36.8 Å². The summed E-state index contributed by atoms with van der Waals surface area (Å²) in [5, 5.41) is 3.20. The number of rotatable bonds is 9. The Balaban J connectivity index is 1.70. The summed E-state index contributed by atoms with van der Waals surface area (Å²) < 4.78 is 10.9. The number of ether oxygens (including phenoxy) is 1. The fraction of sp³-hybridized carbons (Fsp3) is 0.357. The second-order valence-electron chi connectivity index (χ2n) is 8.88. The van der Waals surface area contributed by atoms with Gasteiger partial charge in [-0.3, -0.25) is 9.59 Å². The maximum Gasteiger partial charge on any atom is 0.290 e. The van der Waals surface area contributed by atoms with Crippen molar-refractivity contribution in [2.24, 2.45) is 0 Å². The maximum atomic E-state index is 13.7. The van der Waals surface area contributed by atoms with E-state index in [1.807, 2.05) is 49.4 Å². The van der Waals surface area contributed by atoms with Crippen molar-refractivity contribution in [3.63, 3.8) is 0 Å². The number of carbonyl (C=O) groups excluding carboxylic acids is 2. The van der Waals surface area contributed by atoms with Gasteiger partial charge in [-0.25, -0.2) is 0 Å². The molecule has 34 heavy (non-hydrogen) atoms. The molecule has 0 radical (unpaired) electrons. The van der Waals surface area contributed by atoms with Gasteiger partial charge in [0.25, 0.3) is 5.91 Å². The van der Waals surface area contributed by atoms with Crippen molar-refractivity contribution in [1.82, 2.24) is 10.2 Å². The zero-order valence-corrected chi connectivity index (χ0v) is 19.8. The molecule has 3 aromatic rings. The summed E-state index contributed by atoms with van der Waals surface area (Å²) in [6.07, 6.45) is 6.24. The summed E-state index contributed by atoms with van der Waals surface area (Å²) in [6, 6.07) is 18.2. The summed E-state index contributed by atoms with van der Waals surface area (Å²) in [6.45, 7) is 2.41. The minimum absolute atomic E-state index is 0.137. The predicted molar refractivity (Wildman–Crippen MR) is 131 cm³/mol. The molecule has 2 aromatic carbocycles. The molecule has 1 aromatic heterocycles. The van der Waals surface area contributed by atoms with Gasteiger partial charge in [-0.15, -0.1) is 0 Å². The second-order valence-corrected chi connectivity index (χ2v) is 8.88. The van der Waals surface area contributed by atoms with Crippen LogP contribution in [0.5, 0.6) is 5.75 Å². The normalized spacial score (nSPS) is 14.5. The first-order valence-electron chi connectivity index (χ1n) is 11.9. The lowest BCUT2D eigenvalue weighted by atomic mass is 10.0. The highest BCUT2D eigenvalue weighted by molar-refractivity contribution is 5.96. The van der Waals surface area contributed by atoms with E-state index < -0.39 is 6.04 Å². The van der Waals surface area contributed by atoms with Gasteiger partial charge in [0.2, 0.25) is 5.91 Å². The van der Waals surface area contributed by atoms with Crippen LogP contribution in [0.3, 0.4) is 0 Å². The molecule has 4 rings (SSSR count). The predicted octanol–water partition coefficient (Wildman–Crippen LogP) is 5.08. The minimum atomic E-state index is -0.807. The molecule has 1 atom stereocenters. The maximum absolute atomic E-state index is 13.7. The van der Waals surface area contributed by atoms with E-state index in [-0.39, 0.29) is 23.6 Å². The Kier molecular flexibility index (Phi) is 7.68. The zero-order valence-electron chi connectivity index (χ0n) is 19.8. The fourth-order valence-corrected chi connectivity index (χ4v) is 4.64. The van der Waals surface area contributed by atoms with E-state index in [0.29, 0.717) is 24.3 Å². The van der Waals surface area contributed by atoms with E-state index in [1.54, 1.807) is 24.1 Å². The van der Waals surface area contributed by atoms with Gasteiger partial charge in [-0.2, -0.15) is 0 Å². The van der Waals surface area contributed by atoms with Crippen LogP contribution in [0, 0.1) is 6.92 Å². The van der Waals surface area contributed by atoms with Crippen molar-refractivity contribution in [3.05, 3.63) is 89.4 Å². The average molecular weight is 461 g/mol. The van der Waals surface area contributed by atoms with Crippen molar-refractivity contribution in [3.8, 4) is 5.75 Å². The third kappa shape index (κ3) is 5.68. The molecule has 6 nitrogen and oxygen atoms in total. The van der Waals surface area contributed by atoms with Gasteiger partial charge in [0.15, 0.2) is 5.76 Å². The molecular formula is C28H32N2O4. The van der Waals surface area contributed by atoms with Crippen LogP contribution >= 0.6 is 0 Å². The number of hydrogen-bond donors (Lipinski definition) is 1. The quantitative estimate of drug-likeness (QED) is 0.483. The van der Waals surface area contributed by atoms with Crippen LogP contribution in [0.15, 0.2) is 71.3 Å². The van der Waals surface area contributed by atoms with E-state index in [4.69, 9.17) is 9.15 Å². The van der Waals surface area contributed by atoms with Gasteiger partial charge >= 0.3 is 0 Å². The van der Waals surface area contributed by atoms with Gasteiger partial charge < -0.3 is 19.4 Å². The van der Waals surface area contributed by atoms with Crippen LogP contribution in [-0.4, -0.2) is 36.4 Å². The van der Waals surface area contributed by atoms with Gasteiger partial charge in [-0.05, 0) is 61.6 Å².